The molecule has 1 aromatic rings. The van der Waals surface area contributed by atoms with E-state index >= 15 is 0 Å². The maximum atomic E-state index is 12.8. The Hall–Kier alpha value is -3.45. The number of rotatable bonds is 20. The summed E-state index contributed by atoms with van der Waals surface area (Å²) in [4.78, 5) is 36.2. The molecule has 2 N–H and O–H groups in total. The fraction of sp³-hybridized carbons (Fsp3) is 0.564. The van der Waals surface area contributed by atoms with Crippen LogP contribution in [0.1, 0.15) is 134 Å². The highest BCUT2D eigenvalue weighted by Gasteiger charge is 2.26. The van der Waals surface area contributed by atoms with E-state index in [-0.39, 0.29) is 25.2 Å². The van der Waals surface area contributed by atoms with Gasteiger partial charge in [0, 0.05) is 12.0 Å². The molecule has 0 aliphatic heterocycles. The Labute approximate surface area is 277 Å². The number of hydrogen-bond acceptors (Lipinski definition) is 6. The van der Waals surface area contributed by atoms with Crippen LogP contribution in [0, 0.1) is 20.8 Å². The van der Waals surface area contributed by atoms with Gasteiger partial charge in [-0.1, -0.05) is 40.5 Å². The number of aliphatic carboxylic acids is 1. The molecule has 1 atom stereocenters. The number of benzene rings is 1. The van der Waals surface area contributed by atoms with Gasteiger partial charge in [0.15, 0.2) is 0 Å². The van der Waals surface area contributed by atoms with Crippen LogP contribution >= 0.6 is 0 Å². The monoisotopic (exact) mass is 638 g/mol. The highest BCUT2D eigenvalue weighted by molar-refractivity contribution is 5.80. The third-order valence-corrected chi connectivity index (χ3v) is 8.25. The second kappa shape index (κ2) is 19.9. The van der Waals surface area contributed by atoms with Crippen LogP contribution in [-0.4, -0.2) is 33.7 Å². The highest BCUT2D eigenvalue weighted by atomic mass is 16.5. The minimum absolute atomic E-state index is 0.187. The minimum atomic E-state index is -1.08. The number of carboxylic acid groups (broad SMARTS) is 1. The quantitative estimate of drug-likeness (QED) is 0.0831. The van der Waals surface area contributed by atoms with Gasteiger partial charge < -0.3 is 19.7 Å². The molecule has 0 fully saturated rings. The Morgan fingerprint density at radius 1 is 0.696 bits per heavy atom. The van der Waals surface area contributed by atoms with Gasteiger partial charge in [0.25, 0.3) is 0 Å². The molecule has 0 saturated heterocycles. The van der Waals surface area contributed by atoms with Gasteiger partial charge in [0.05, 0.1) is 18.4 Å². The van der Waals surface area contributed by atoms with Crippen LogP contribution in [0.3, 0.4) is 0 Å². The standard InChI is InChI=1S/C39H58O7/c1-26(2)14-11-15-28(5)16-12-17-29(6)18-13-24-39(10,44)25-23-33-32(9)37(45-36(43)22-20-34(40)41)30(7)31(8)38(33)46-35(42)21-19-27(3)4/h14,16,18,44H,3,11-13,15,17,19-25H2,1-2,4-10H3,(H,40,41)/b28-16+,29-18+. The molecule has 0 aliphatic rings. The van der Waals surface area contributed by atoms with Crippen molar-refractivity contribution < 1.29 is 34.1 Å². The van der Waals surface area contributed by atoms with Crippen LogP contribution in [0.15, 0.2) is 47.1 Å². The molecule has 256 valence electrons. The number of esters is 2. The van der Waals surface area contributed by atoms with Crippen LogP contribution in [0.4, 0.5) is 0 Å². The van der Waals surface area contributed by atoms with Crippen molar-refractivity contribution >= 4 is 17.9 Å². The van der Waals surface area contributed by atoms with Gasteiger partial charge in [0.2, 0.25) is 0 Å². The van der Waals surface area contributed by atoms with Crippen molar-refractivity contribution in [2.45, 2.75) is 145 Å². The van der Waals surface area contributed by atoms with Crippen molar-refractivity contribution in [2.75, 3.05) is 0 Å². The Bertz CT molecular complexity index is 1320. The maximum absolute atomic E-state index is 12.8. The fourth-order valence-corrected chi connectivity index (χ4v) is 5.09. The zero-order valence-corrected chi connectivity index (χ0v) is 29.9. The zero-order valence-electron chi connectivity index (χ0n) is 29.9. The molecule has 1 aromatic carbocycles. The van der Waals surface area contributed by atoms with Gasteiger partial charge in [-0.3, -0.25) is 14.4 Å². The predicted octanol–water partition coefficient (Wildman–Crippen LogP) is 9.53. The molecule has 0 amide bonds. The second-order valence-electron chi connectivity index (χ2n) is 13.3. The third-order valence-electron chi connectivity index (χ3n) is 8.25. The zero-order chi connectivity index (χ0) is 35.0. The van der Waals surface area contributed by atoms with Crippen LogP contribution in [0.25, 0.3) is 0 Å². The predicted molar refractivity (Wildman–Crippen MR) is 186 cm³/mol. The van der Waals surface area contributed by atoms with E-state index in [1.807, 2.05) is 13.8 Å². The van der Waals surface area contributed by atoms with E-state index in [0.29, 0.717) is 59.4 Å². The minimum Gasteiger partial charge on any atom is -0.481 e. The molecule has 46 heavy (non-hydrogen) atoms. The second-order valence-corrected chi connectivity index (χ2v) is 13.3. The molecular weight excluding hydrogens is 580 g/mol. The van der Waals surface area contributed by atoms with E-state index in [0.717, 1.165) is 37.7 Å². The molecule has 1 rings (SSSR count). The van der Waals surface area contributed by atoms with Crippen molar-refractivity contribution in [1.82, 2.24) is 0 Å². The van der Waals surface area contributed by atoms with Gasteiger partial charge >= 0.3 is 17.9 Å². The molecule has 0 bridgehead atoms. The fourth-order valence-electron chi connectivity index (χ4n) is 5.09. The van der Waals surface area contributed by atoms with Crippen LogP contribution in [0.5, 0.6) is 11.5 Å². The lowest BCUT2D eigenvalue weighted by Gasteiger charge is -2.26. The Balaban J connectivity index is 3.07. The summed E-state index contributed by atoms with van der Waals surface area (Å²) in [6.45, 7) is 21.5. The van der Waals surface area contributed by atoms with Crippen LogP contribution in [-0.2, 0) is 20.8 Å². The Kier molecular flexibility index (Phi) is 17.6. The molecule has 7 heteroatoms. The summed E-state index contributed by atoms with van der Waals surface area (Å²) in [6, 6.07) is 0. The molecule has 7 nitrogen and oxygen atoms in total. The molecule has 0 aromatic heterocycles. The number of carbonyl (C=O) groups excluding carboxylic acids is 2. The summed E-state index contributed by atoms with van der Waals surface area (Å²) in [5.74, 6) is -1.35. The van der Waals surface area contributed by atoms with E-state index in [2.05, 4.69) is 52.5 Å². The molecule has 0 aliphatic carbocycles. The normalized spacial score (nSPS) is 13.2. The van der Waals surface area contributed by atoms with E-state index in [4.69, 9.17) is 14.6 Å². The van der Waals surface area contributed by atoms with Gasteiger partial charge in [-0.2, -0.15) is 0 Å². The van der Waals surface area contributed by atoms with Gasteiger partial charge in [-0.05, 0) is 137 Å². The molecule has 0 saturated carbocycles. The highest BCUT2D eigenvalue weighted by Crippen LogP contribution is 2.40. The first-order chi connectivity index (χ1) is 21.4. The first-order valence-corrected chi connectivity index (χ1v) is 16.5. The van der Waals surface area contributed by atoms with E-state index in [1.54, 1.807) is 20.8 Å². The Morgan fingerprint density at radius 2 is 1.20 bits per heavy atom. The van der Waals surface area contributed by atoms with Crippen molar-refractivity contribution in [3.63, 3.8) is 0 Å². The first kappa shape index (κ1) is 40.6. The third kappa shape index (κ3) is 15.7. The summed E-state index contributed by atoms with van der Waals surface area (Å²) in [5, 5.41) is 20.3. The van der Waals surface area contributed by atoms with Crippen LogP contribution in [0.2, 0.25) is 0 Å². The SMILES string of the molecule is C=C(C)CCC(=O)Oc1c(C)c(C)c(OC(=O)CCC(=O)O)c(C)c1CCC(C)(O)CC/C=C(\C)CC/C=C(\C)CCC=C(C)C. The molecule has 0 spiro atoms. The molecule has 0 radical (unpaired) electrons. The topological polar surface area (TPSA) is 110 Å². The van der Waals surface area contributed by atoms with Crippen LogP contribution < -0.4 is 9.47 Å². The lowest BCUT2D eigenvalue weighted by Crippen LogP contribution is -2.25. The first-order valence-electron chi connectivity index (χ1n) is 16.5. The molecular formula is C39H58O7. The smallest absolute Gasteiger partial charge is 0.311 e. The summed E-state index contributed by atoms with van der Waals surface area (Å²) in [6.07, 6.45) is 13.2. The summed E-state index contributed by atoms with van der Waals surface area (Å²) in [5.41, 5.74) is 6.57. The van der Waals surface area contributed by atoms with E-state index < -0.39 is 17.5 Å². The number of hydrogen-bond donors (Lipinski definition) is 2. The number of aliphatic hydroxyl groups is 1. The average Bonchev–Trinajstić information content (AvgIpc) is 2.95. The number of carboxylic acids is 1. The lowest BCUT2D eigenvalue weighted by molar-refractivity contribution is -0.142. The lowest BCUT2D eigenvalue weighted by atomic mass is 9.88. The van der Waals surface area contributed by atoms with E-state index in [1.165, 1.54) is 16.7 Å². The van der Waals surface area contributed by atoms with Gasteiger partial charge in [-0.15, -0.1) is 6.58 Å². The summed E-state index contributed by atoms with van der Waals surface area (Å²) in [7, 11) is 0. The van der Waals surface area contributed by atoms with Gasteiger partial charge in [0.1, 0.15) is 11.5 Å². The molecule has 0 heterocycles. The maximum Gasteiger partial charge on any atom is 0.311 e. The van der Waals surface area contributed by atoms with Gasteiger partial charge in [-0.25, -0.2) is 0 Å². The van der Waals surface area contributed by atoms with Crippen molar-refractivity contribution in [2.24, 2.45) is 0 Å². The van der Waals surface area contributed by atoms with Crippen molar-refractivity contribution in [3.8, 4) is 11.5 Å². The number of allylic oxidation sites excluding steroid dienone is 7. The largest absolute Gasteiger partial charge is 0.481 e. The van der Waals surface area contributed by atoms with Crippen molar-refractivity contribution in [1.29, 1.82) is 0 Å². The Morgan fingerprint density at radius 3 is 1.74 bits per heavy atom. The van der Waals surface area contributed by atoms with E-state index in [9.17, 15) is 19.5 Å². The summed E-state index contributed by atoms with van der Waals surface area (Å²) < 4.78 is 11.5. The van der Waals surface area contributed by atoms with Crippen molar-refractivity contribution in [3.05, 3.63) is 69.4 Å². The molecule has 1 unspecified atom stereocenters. The average molecular weight is 639 g/mol. The number of ether oxygens (including phenoxy) is 2. The summed E-state index contributed by atoms with van der Waals surface area (Å²) >= 11 is 0. The number of carbonyl (C=O) groups is 3.